The van der Waals surface area contributed by atoms with Gasteiger partial charge in [-0.15, -0.1) is 0 Å². The van der Waals surface area contributed by atoms with Gasteiger partial charge in [0.15, 0.2) is 12.6 Å². The number of carbonyl (C=O) groups is 1. The number of hydrogen-bond donors (Lipinski definition) is 9. The number of nitrogens with one attached hydrogen (secondary N) is 1. The van der Waals surface area contributed by atoms with Gasteiger partial charge in [-0.3, -0.25) is 4.79 Å². The molecule has 12 atom stereocenters. The van der Waals surface area contributed by atoms with Crippen LogP contribution in [0, 0.1) is 0 Å². The molecule has 2 rings (SSSR count). The SMILES string of the molecule is CCCCCCCCCCCCCCCCCCC/C=C/CC/C=C/CC/C=C/C(O)C(COC1OC(CO)C(OC2OC(CO)C(O)C(O)C2O)C(O)C1O)NC(=O)CCCCCCCCCCC. The third-order valence-corrected chi connectivity index (χ3v) is 13.8. The molecule has 2 heterocycles. The Kier molecular flexibility index (Phi) is 39.1. The van der Waals surface area contributed by atoms with Crippen molar-refractivity contribution in [1.29, 1.82) is 0 Å². The molecule has 2 saturated heterocycles. The standard InChI is InChI=1S/C56H103NO13/c1-3-5-7-9-11-13-14-15-16-17-18-19-20-21-22-23-24-25-26-27-28-29-30-32-33-35-37-39-45(60)44(57-48(61)40-38-36-34-31-12-10-8-6-4-2)43-67-55-53(66)51(64)54(47(42-59)69-55)70-56-52(65)50(63)49(62)46(41-58)68-56/h26-27,30,32,37,39,44-47,49-56,58-60,62-66H,3-25,28-29,31,33-36,38,40-43H2,1-2H3,(H,57,61)/b27-26+,32-30+,39-37+. The average Bonchev–Trinajstić information content (AvgIpc) is 3.36. The fourth-order valence-electron chi connectivity index (χ4n) is 9.21. The van der Waals surface area contributed by atoms with Gasteiger partial charge in [0, 0.05) is 6.42 Å². The van der Waals surface area contributed by atoms with E-state index in [0.717, 1.165) is 44.9 Å². The number of aliphatic hydroxyl groups is 8. The second kappa shape index (κ2) is 42.6. The third kappa shape index (κ3) is 28.6. The van der Waals surface area contributed by atoms with Crippen LogP contribution < -0.4 is 5.32 Å². The maximum absolute atomic E-state index is 13.1. The van der Waals surface area contributed by atoms with E-state index in [1.54, 1.807) is 6.08 Å². The average molecular weight is 998 g/mol. The molecule has 0 radical (unpaired) electrons. The number of amides is 1. The molecule has 0 aliphatic carbocycles. The van der Waals surface area contributed by atoms with E-state index >= 15 is 0 Å². The van der Waals surface area contributed by atoms with Gasteiger partial charge < -0.3 is 65.1 Å². The van der Waals surface area contributed by atoms with Crippen LogP contribution in [0.15, 0.2) is 36.5 Å². The molecule has 2 fully saturated rings. The Balaban J connectivity index is 1.74. The minimum Gasteiger partial charge on any atom is -0.394 e. The van der Waals surface area contributed by atoms with Crippen LogP contribution in [0.3, 0.4) is 0 Å². The Morgan fingerprint density at radius 3 is 1.40 bits per heavy atom. The van der Waals surface area contributed by atoms with Gasteiger partial charge in [-0.25, -0.2) is 0 Å². The van der Waals surface area contributed by atoms with E-state index in [0.29, 0.717) is 12.8 Å². The second-order valence-electron chi connectivity index (χ2n) is 20.1. The van der Waals surface area contributed by atoms with Gasteiger partial charge in [0.05, 0.1) is 32.0 Å². The van der Waals surface area contributed by atoms with Crippen molar-refractivity contribution in [3.05, 3.63) is 36.5 Å². The van der Waals surface area contributed by atoms with Gasteiger partial charge in [-0.2, -0.15) is 0 Å². The molecule has 0 aromatic rings. The summed E-state index contributed by atoms with van der Waals surface area (Å²) in [5.41, 5.74) is 0. The summed E-state index contributed by atoms with van der Waals surface area (Å²) in [6, 6.07) is -0.933. The molecule has 12 unspecified atom stereocenters. The smallest absolute Gasteiger partial charge is 0.220 e. The number of rotatable bonds is 44. The first kappa shape index (κ1) is 64.3. The van der Waals surface area contributed by atoms with E-state index in [1.807, 2.05) is 6.08 Å². The topological polar surface area (TPSA) is 228 Å². The molecular formula is C56H103NO13. The number of ether oxygens (including phenoxy) is 4. The van der Waals surface area contributed by atoms with E-state index < -0.39 is 86.8 Å². The van der Waals surface area contributed by atoms with Crippen LogP contribution in [0.4, 0.5) is 0 Å². The molecule has 70 heavy (non-hydrogen) atoms. The Morgan fingerprint density at radius 2 is 0.914 bits per heavy atom. The van der Waals surface area contributed by atoms with Crippen molar-refractivity contribution in [3.63, 3.8) is 0 Å². The van der Waals surface area contributed by atoms with Gasteiger partial charge in [0.1, 0.15) is 48.8 Å². The zero-order valence-corrected chi connectivity index (χ0v) is 43.8. The summed E-state index contributed by atoms with van der Waals surface area (Å²) < 4.78 is 22.7. The van der Waals surface area contributed by atoms with E-state index in [9.17, 15) is 45.6 Å². The first-order chi connectivity index (χ1) is 34.1. The van der Waals surface area contributed by atoms with Crippen LogP contribution in [0.1, 0.15) is 219 Å². The number of hydrogen-bond acceptors (Lipinski definition) is 13. The second-order valence-corrected chi connectivity index (χ2v) is 20.1. The lowest BCUT2D eigenvalue weighted by Crippen LogP contribution is -2.65. The van der Waals surface area contributed by atoms with Crippen molar-refractivity contribution >= 4 is 5.91 Å². The summed E-state index contributed by atoms with van der Waals surface area (Å²) >= 11 is 0. The molecule has 0 aromatic heterocycles. The van der Waals surface area contributed by atoms with Crippen LogP contribution in [0.2, 0.25) is 0 Å². The molecule has 2 aliphatic rings. The molecule has 9 N–H and O–H groups in total. The number of unbranched alkanes of at least 4 members (excludes halogenated alkanes) is 27. The van der Waals surface area contributed by atoms with Crippen molar-refractivity contribution in [2.24, 2.45) is 0 Å². The largest absolute Gasteiger partial charge is 0.394 e. The molecule has 1 amide bonds. The predicted octanol–water partition coefficient (Wildman–Crippen LogP) is 8.66. The molecule has 2 aliphatic heterocycles. The van der Waals surface area contributed by atoms with E-state index in [-0.39, 0.29) is 18.9 Å². The van der Waals surface area contributed by atoms with Crippen molar-refractivity contribution in [2.75, 3.05) is 19.8 Å². The lowest BCUT2D eigenvalue weighted by Gasteiger charge is -2.46. The molecule has 14 heteroatoms. The third-order valence-electron chi connectivity index (χ3n) is 13.8. The molecule has 0 bridgehead atoms. The van der Waals surface area contributed by atoms with Gasteiger partial charge in [-0.05, 0) is 44.9 Å². The highest BCUT2D eigenvalue weighted by Gasteiger charge is 2.51. The Morgan fingerprint density at radius 1 is 0.500 bits per heavy atom. The molecule has 0 aromatic carbocycles. The van der Waals surface area contributed by atoms with Crippen LogP contribution >= 0.6 is 0 Å². The zero-order valence-electron chi connectivity index (χ0n) is 43.8. The normalized spacial score (nSPS) is 26.2. The summed E-state index contributed by atoms with van der Waals surface area (Å²) in [4.78, 5) is 13.1. The van der Waals surface area contributed by atoms with Crippen LogP contribution in [0.25, 0.3) is 0 Å². The first-order valence-electron chi connectivity index (χ1n) is 28.2. The van der Waals surface area contributed by atoms with Crippen LogP contribution in [-0.2, 0) is 23.7 Å². The molecule has 410 valence electrons. The Hall–Kier alpha value is -1.79. The summed E-state index contributed by atoms with van der Waals surface area (Å²) in [5.74, 6) is -0.257. The summed E-state index contributed by atoms with van der Waals surface area (Å²) in [5, 5.41) is 86.7. The highest BCUT2D eigenvalue weighted by molar-refractivity contribution is 5.76. The Labute approximate surface area is 423 Å². The van der Waals surface area contributed by atoms with E-state index in [1.165, 1.54) is 141 Å². The predicted molar refractivity (Wildman–Crippen MR) is 277 cm³/mol. The zero-order chi connectivity index (χ0) is 51.0. The van der Waals surface area contributed by atoms with Gasteiger partial charge >= 0.3 is 0 Å². The monoisotopic (exact) mass is 998 g/mol. The minimum atomic E-state index is -1.79. The lowest BCUT2D eigenvalue weighted by atomic mass is 9.97. The summed E-state index contributed by atoms with van der Waals surface area (Å²) in [6.07, 6.45) is 33.6. The summed E-state index contributed by atoms with van der Waals surface area (Å²) in [7, 11) is 0. The maximum atomic E-state index is 13.1. The van der Waals surface area contributed by atoms with Crippen LogP contribution in [-0.4, -0.2) is 140 Å². The van der Waals surface area contributed by atoms with Crippen LogP contribution in [0.5, 0.6) is 0 Å². The van der Waals surface area contributed by atoms with Crippen molar-refractivity contribution in [2.45, 2.75) is 293 Å². The van der Waals surface area contributed by atoms with Crippen molar-refractivity contribution in [1.82, 2.24) is 5.32 Å². The highest BCUT2D eigenvalue weighted by atomic mass is 16.7. The highest BCUT2D eigenvalue weighted by Crippen LogP contribution is 2.30. The summed E-state index contributed by atoms with van der Waals surface area (Å²) in [6.45, 7) is 2.74. The van der Waals surface area contributed by atoms with Crippen molar-refractivity contribution in [3.8, 4) is 0 Å². The van der Waals surface area contributed by atoms with Gasteiger partial charge in [0.2, 0.25) is 5.91 Å². The minimum absolute atomic E-state index is 0.257. The number of aliphatic hydroxyl groups excluding tert-OH is 8. The van der Waals surface area contributed by atoms with Crippen molar-refractivity contribution < 1.29 is 64.6 Å². The first-order valence-corrected chi connectivity index (χ1v) is 28.2. The van der Waals surface area contributed by atoms with E-state index in [2.05, 4.69) is 43.5 Å². The molecule has 14 nitrogen and oxygen atoms in total. The molecule has 0 spiro atoms. The fraction of sp³-hybridized carbons (Fsp3) is 0.875. The fourth-order valence-corrected chi connectivity index (χ4v) is 9.21. The maximum Gasteiger partial charge on any atom is 0.220 e. The quantitative estimate of drug-likeness (QED) is 0.0206. The molecular weight excluding hydrogens is 895 g/mol. The number of carbonyl (C=O) groups excluding carboxylic acids is 1. The number of allylic oxidation sites excluding steroid dienone is 5. The van der Waals surface area contributed by atoms with E-state index in [4.69, 9.17) is 18.9 Å². The van der Waals surface area contributed by atoms with Gasteiger partial charge in [0.25, 0.3) is 0 Å². The molecule has 0 saturated carbocycles. The van der Waals surface area contributed by atoms with Gasteiger partial charge in [-0.1, -0.05) is 204 Å². The lowest BCUT2D eigenvalue weighted by molar-refractivity contribution is -0.359. The Bertz CT molecular complexity index is 1320.